The minimum absolute atomic E-state index is 0.411. The summed E-state index contributed by atoms with van der Waals surface area (Å²) >= 11 is 0. The fraction of sp³-hybridized carbons (Fsp3) is 0.933. The van der Waals surface area contributed by atoms with Gasteiger partial charge < -0.3 is 10.6 Å². The van der Waals surface area contributed by atoms with Gasteiger partial charge in [0.2, 0.25) is 0 Å². The maximum absolute atomic E-state index is 9.23. The van der Waals surface area contributed by atoms with E-state index in [-0.39, 0.29) is 0 Å². The predicted molar refractivity (Wildman–Crippen MR) is 73.9 cm³/mol. The third-order valence-corrected chi connectivity index (χ3v) is 5.12. The monoisotopic (exact) mass is 249 g/mol. The van der Waals surface area contributed by atoms with Crippen molar-refractivity contribution in [1.82, 2.24) is 4.90 Å². The zero-order valence-corrected chi connectivity index (χ0v) is 11.9. The van der Waals surface area contributed by atoms with E-state index in [0.29, 0.717) is 12.0 Å². The molecule has 1 saturated carbocycles. The van der Waals surface area contributed by atoms with Crippen molar-refractivity contribution in [2.45, 2.75) is 64.0 Å². The fourth-order valence-electron chi connectivity index (χ4n) is 3.76. The standard InChI is InChI=1S/C15H27N3/c1-12-5-8-18(13(2)10-12)9-6-14-4-3-7-15(14,17)11-16/h12-14H,3-10,17H2,1-2H3. The van der Waals surface area contributed by atoms with Crippen LogP contribution in [0.1, 0.15) is 52.4 Å². The van der Waals surface area contributed by atoms with Crippen molar-refractivity contribution in [2.75, 3.05) is 13.1 Å². The van der Waals surface area contributed by atoms with Gasteiger partial charge in [-0.3, -0.25) is 0 Å². The highest BCUT2D eigenvalue weighted by atomic mass is 15.2. The molecule has 1 aliphatic heterocycles. The second-order valence-corrected chi connectivity index (χ2v) is 6.54. The van der Waals surface area contributed by atoms with E-state index >= 15 is 0 Å². The highest BCUT2D eigenvalue weighted by Gasteiger charge is 2.39. The van der Waals surface area contributed by atoms with Crippen LogP contribution in [0, 0.1) is 23.2 Å². The third-order valence-electron chi connectivity index (χ3n) is 5.12. The van der Waals surface area contributed by atoms with Crippen molar-refractivity contribution < 1.29 is 0 Å². The maximum Gasteiger partial charge on any atom is 0.107 e. The first-order valence-electron chi connectivity index (χ1n) is 7.49. The number of hydrogen-bond acceptors (Lipinski definition) is 3. The molecule has 4 atom stereocenters. The molecule has 0 aromatic carbocycles. The maximum atomic E-state index is 9.23. The van der Waals surface area contributed by atoms with Crippen LogP contribution in [0.25, 0.3) is 0 Å². The number of nitrogens with zero attached hydrogens (tertiary/aromatic N) is 2. The molecule has 102 valence electrons. The molecule has 2 rings (SSSR count). The summed E-state index contributed by atoms with van der Waals surface area (Å²) in [5, 5.41) is 9.23. The van der Waals surface area contributed by atoms with Gasteiger partial charge in [-0.25, -0.2) is 0 Å². The van der Waals surface area contributed by atoms with E-state index in [1.807, 2.05) is 0 Å². The Labute approximate surface area is 111 Å². The Hall–Kier alpha value is -0.590. The zero-order valence-electron chi connectivity index (χ0n) is 11.9. The molecule has 1 aliphatic carbocycles. The van der Waals surface area contributed by atoms with E-state index in [0.717, 1.165) is 38.1 Å². The van der Waals surface area contributed by atoms with Gasteiger partial charge in [0, 0.05) is 6.04 Å². The van der Waals surface area contributed by atoms with Crippen molar-refractivity contribution >= 4 is 0 Å². The number of rotatable bonds is 3. The van der Waals surface area contributed by atoms with Crippen molar-refractivity contribution in [3.05, 3.63) is 0 Å². The molecule has 1 heterocycles. The van der Waals surface area contributed by atoms with E-state index in [4.69, 9.17) is 5.73 Å². The lowest BCUT2D eigenvalue weighted by Crippen LogP contribution is -2.45. The van der Waals surface area contributed by atoms with E-state index < -0.39 is 5.54 Å². The van der Waals surface area contributed by atoms with Crippen LogP contribution in [0.15, 0.2) is 0 Å². The molecule has 0 radical (unpaired) electrons. The highest BCUT2D eigenvalue weighted by Crippen LogP contribution is 2.36. The Morgan fingerprint density at radius 3 is 2.83 bits per heavy atom. The van der Waals surface area contributed by atoms with E-state index in [9.17, 15) is 5.26 Å². The summed E-state index contributed by atoms with van der Waals surface area (Å²) < 4.78 is 0. The lowest BCUT2D eigenvalue weighted by Gasteiger charge is -2.37. The molecule has 0 aromatic rings. The molecule has 2 fully saturated rings. The average molecular weight is 249 g/mol. The number of piperidine rings is 1. The minimum Gasteiger partial charge on any atom is -0.313 e. The second-order valence-electron chi connectivity index (χ2n) is 6.54. The predicted octanol–water partition coefficient (Wildman–Crippen LogP) is 2.52. The van der Waals surface area contributed by atoms with Crippen molar-refractivity contribution in [2.24, 2.45) is 17.6 Å². The molecule has 1 saturated heterocycles. The van der Waals surface area contributed by atoms with Crippen LogP contribution in [0.5, 0.6) is 0 Å². The Morgan fingerprint density at radius 1 is 1.39 bits per heavy atom. The molecular formula is C15H27N3. The molecule has 3 nitrogen and oxygen atoms in total. The first-order valence-corrected chi connectivity index (χ1v) is 7.49. The van der Waals surface area contributed by atoms with Crippen molar-refractivity contribution in [3.8, 4) is 6.07 Å². The molecule has 3 heteroatoms. The van der Waals surface area contributed by atoms with Crippen molar-refractivity contribution in [1.29, 1.82) is 5.26 Å². The number of nitriles is 1. The minimum atomic E-state index is -0.535. The largest absolute Gasteiger partial charge is 0.313 e. The highest BCUT2D eigenvalue weighted by molar-refractivity contribution is 5.12. The molecule has 0 aromatic heterocycles. The lowest BCUT2D eigenvalue weighted by molar-refractivity contribution is 0.118. The van der Waals surface area contributed by atoms with Crippen LogP contribution >= 0.6 is 0 Å². The summed E-state index contributed by atoms with van der Waals surface area (Å²) in [6.45, 7) is 7.04. The van der Waals surface area contributed by atoms with Gasteiger partial charge in [-0.15, -0.1) is 0 Å². The number of nitrogens with two attached hydrogens (primary N) is 1. The Kier molecular flexibility index (Phi) is 4.29. The summed E-state index contributed by atoms with van der Waals surface area (Å²) in [5.74, 6) is 1.28. The Balaban J connectivity index is 1.83. The third kappa shape index (κ3) is 2.87. The summed E-state index contributed by atoms with van der Waals surface area (Å²) in [6, 6.07) is 3.05. The van der Waals surface area contributed by atoms with Gasteiger partial charge in [0.15, 0.2) is 0 Å². The van der Waals surface area contributed by atoms with Crippen LogP contribution in [0.4, 0.5) is 0 Å². The van der Waals surface area contributed by atoms with E-state index in [1.165, 1.54) is 19.4 Å². The van der Waals surface area contributed by atoms with Gasteiger partial charge in [-0.05, 0) is 64.0 Å². The lowest BCUT2D eigenvalue weighted by atomic mass is 9.86. The molecule has 0 bridgehead atoms. The van der Waals surface area contributed by atoms with Crippen molar-refractivity contribution in [3.63, 3.8) is 0 Å². The average Bonchev–Trinajstić information content (AvgIpc) is 2.71. The molecule has 2 aliphatic rings. The zero-order chi connectivity index (χ0) is 13.2. The summed E-state index contributed by atoms with van der Waals surface area (Å²) in [7, 11) is 0. The molecule has 0 amide bonds. The first-order chi connectivity index (χ1) is 8.55. The normalized spacial score (nSPS) is 41.8. The smallest absolute Gasteiger partial charge is 0.107 e. The molecule has 0 spiro atoms. The van der Waals surface area contributed by atoms with Gasteiger partial charge in [-0.2, -0.15) is 5.26 Å². The molecule has 18 heavy (non-hydrogen) atoms. The van der Waals surface area contributed by atoms with E-state index in [2.05, 4.69) is 24.8 Å². The van der Waals surface area contributed by atoms with Crippen LogP contribution in [0.3, 0.4) is 0 Å². The fourth-order valence-corrected chi connectivity index (χ4v) is 3.76. The van der Waals surface area contributed by atoms with Crippen LogP contribution in [-0.2, 0) is 0 Å². The van der Waals surface area contributed by atoms with Gasteiger partial charge in [0.1, 0.15) is 5.54 Å². The summed E-state index contributed by atoms with van der Waals surface area (Å²) in [4.78, 5) is 2.59. The molecular weight excluding hydrogens is 222 g/mol. The molecule has 4 unspecified atom stereocenters. The van der Waals surface area contributed by atoms with Gasteiger partial charge in [-0.1, -0.05) is 13.3 Å². The van der Waals surface area contributed by atoms with Gasteiger partial charge in [0.25, 0.3) is 0 Å². The number of likely N-dealkylation sites (tertiary alicyclic amines) is 1. The summed E-state index contributed by atoms with van der Waals surface area (Å²) in [6.07, 6.45) is 6.89. The van der Waals surface area contributed by atoms with Gasteiger partial charge >= 0.3 is 0 Å². The second kappa shape index (κ2) is 5.59. The molecule has 2 N–H and O–H groups in total. The quantitative estimate of drug-likeness (QED) is 0.836. The van der Waals surface area contributed by atoms with Crippen LogP contribution in [0.2, 0.25) is 0 Å². The Morgan fingerprint density at radius 2 is 2.17 bits per heavy atom. The topological polar surface area (TPSA) is 53.0 Å². The SMILES string of the molecule is CC1CCN(CCC2CCCC2(N)C#N)C(C)C1. The van der Waals surface area contributed by atoms with Crippen LogP contribution < -0.4 is 5.73 Å². The van der Waals surface area contributed by atoms with Gasteiger partial charge in [0.05, 0.1) is 6.07 Å². The Bertz CT molecular complexity index is 322. The van der Waals surface area contributed by atoms with Crippen LogP contribution in [-0.4, -0.2) is 29.6 Å². The first kappa shape index (κ1) is 13.8. The number of hydrogen-bond donors (Lipinski definition) is 1. The van der Waals surface area contributed by atoms with E-state index in [1.54, 1.807) is 0 Å². The summed E-state index contributed by atoms with van der Waals surface area (Å²) in [5.41, 5.74) is 5.66.